The van der Waals surface area contributed by atoms with Gasteiger partial charge >= 0.3 is 0 Å². The van der Waals surface area contributed by atoms with Crippen LogP contribution in [0.5, 0.6) is 11.5 Å². The molecule has 2 aliphatic heterocycles. The lowest BCUT2D eigenvalue weighted by atomic mass is 9.47. The van der Waals surface area contributed by atoms with Gasteiger partial charge in [-0.2, -0.15) is 0 Å². The molecule has 184 valence electrons. The van der Waals surface area contributed by atoms with E-state index in [1.807, 2.05) is 36.4 Å². The maximum atomic E-state index is 13.5. The van der Waals surface area contributed by atoms with Crippen LogP contribution in [-0.4, -0.2) is 54.5 Å². The third-order valence-corrected chi connectivity index (χ3v) is 9.25. The van der Waals surface area contributed by atoms with E-state index in [0.717, 1.165) is 43.0 Å². The molecule has 1 N–H and O–H groups in total. The van der Waals surface area contributed by atoms with Crippen molar-refractivity contribution in [3.63, 3.8) is 0 Å². The van der Waals surface area contributed by atoms with Gasteiger partial charge in [-0.15, -0.1) is 0 Å². The predicted octanol–water partition coefficient (Wildman–Crippen LogP) is 3.00. The number of carbonyl (C=O) groups excluding carboxylic acids is 2. The molecule has 0 aromatic heterocycles. The van der Waals surface area contributed by atoms with Crippen LogP contribution in [0, 0.1) is 17.8 Å². The Hall–Kier alpha value is -3.30. The fourth-order valence-electron chi connectivity index (χ4n) is 7.60. The molecule has 6 nitrogen and oxygen atoms in total. The number of amides is 1. The summed E-state index contributed by atoms with van der Waals surface area (Å²) in [5, 5.41) is 3.46. The Morgan fingerprint density at radius 1 is 1.19 bits per heavy atom. The first-order valence-electron chi connectivity index (χ1n) is 13.1. The van der Waals surface area contributed by atoms with Crippen LogP contribution in [0.25, 0.3) is 0 Å². The van der Waals surface area contributed by atoms with Crippen LogP contribution < -0.4 is 14.8 Å². The number of likely N-dealkylation sites (tertiary alicyclic amines) is 1. The number of ether oxygens (including phenoxy) is 2. The summed E-state index contributed by atoms with van der Waals surface area (Å²) in [7, 11) is 1.64. The number of carbonyl (C=O) groups is 2. The highest BCUT2D eigenvalue weighted by Gasteiger charge is 2.74. The van der Waals surface area contributed by atoms with Gasteiger partial charge in [-0.25, -0.2) is 0 Å². The van der Waals surface area contributed by atoms with Gasteiger partial charge in [-0.1, -0.05) is 30.2 Å². The SMILES string of the molecule is COc1ccc2c3c1O[C@H]1C(=O)CC[C@@]4(NC(=O)C#Cc5ccccc5)C(C2)N(CC2CC2)CC[C@]314. The van der Waals surface area contributed by atoms with Gasteiger partial charge in [0.05, 0.1) is 18.1 Å². The van der Waals surface area contributed by atoms with E-state index in [1.165, 1.54) is 18.4 Å². The number of benzene rings is 2. The standard InChI is InChI=1S/C30H30N2O4/c1-35-23-11-10-21-17-24-30(31-25(34)12-9-19-5-3-2-4-6-19)14-13-22(33)28-29(30,26(21)27(23)36-28)15-16-32(24)18-20-7-8-20/h2-6,10-11,20,24,28H,7-8,13-18H2,1H3,(H,31,34)/t24?,28-,29-,30+/m0/s1. The van der Waals surface area contributed by atoms with E-state index in [1.54, 1.807) is 7.11 Å². The summed E-state index contributed by atoms with van der Waals surface area (Å²) in [6.45, 7) is 1.95. The topological polar surface area (TPSA) is 67.9 Å². The molecule has 4 atom stereocenters. The molecule has 7 rings (SSSR count). The Balaban J connectivity index is 1.37. The van der Waals surface area contributed by atoms with Gasteiger partial charge in [0.25, 0.3) is 5.91 Å². The predicted molar refractivity (Wildman–Crippen MR) is 134 cm³/mol. The van der Waals surface area contributed by atoms with Crippen molar-refractivity contribution in [3.8, 4) is 23.3 Å². The van der Waals surface area contributed by atoms with Crippen molar-refractivity contribution in [3.05, 3.63) is 59.2 Å². The number of nitrogens with zero attached hydrogens (tertiary/aromatic N) is 1. The summed E-state index contributed by atoms with van der Waals surface area (Å²) in [5.41, 5.74) is 1.88. The van der Waals surface area contributed by atoms with E-state index in [-0.39, 0.29) is 17.7 Å². The molecule has 1 saturated heterocycles. The lowest BCUT2D eigenvalue weighted by Gasteiger charge is -2.65. The second-order valence-electron chi connectivity index (χ2n) is 11.0. The van der Waals surface area contributed by atoms with Crippen LogP contribution in [0.15, 0.2) is 42.5 Å². The first-order valence-corrected chi connectivity index (χ1v) is 13.1. The van der Waals surface area contributed by atoms with Crippen LogP contribution in [0.3, 0.4) is 0 Å². The molecule has 0 radical (unpaired) electrons. The summed E-state index contributed by atoms with van der Waals surface area (Å²) in [5.74, 6) is 7.79. The number of piperidine rings is 1. The minimum absolute atomic E-state index is 0.0976. The van der Waals surface area contributed by atoms with E-state index < -0.39 is 17.1 Å². The minimum Gasteiger partial charge on any atom is -0.493 e. The third-order valence-electron chi connectivity index (χ3n) is 9.25. The molecular formula is C30H30N2O4. The Bertz CT molecular complexity index is 1320. The van der Waals surface area contributed by atoms with E-state index in [0.29, 0.717) is 24.3 Å². The van der Waals surface area contributed by atoms with E-state index >= 15 is 0 Å². The maximum absolute atomic E-state index is 13.5. The molecule has 2 heterocycles. The number of Topliss-reactive ketones (excluding diaryl/α,β-unsaturated/α-hetero) is 1. The third kappa shape index (κ3) is 2.96. The zero-order valence-corrected chi connectivity index (χ0v) is 20.5. The first-order chi connectivity index (χ1) is 17.6. The van der Waals surface area contributed by atoms with Gasteiger partial charge in [0, 0.05) is 36.1 Å². The molecular weight excluding hydrogens is 452 g/mol. The Morgan fingerprint density at radius 3 is 2.81 bits per heavy atom. The van der Waals surface area contributed by atoms with Gasteiger partial charge in [0.2, 0.25) is 0 Å². The second kappa shape index (κ2) is 7.85. The first kappa shape index (κ1) is 21.9. The molecule has 6 heteroatoms. The summed E-state index contributed by atoms with van der Waals surface area (Å²) >= 11 is 0. The maximum Gasteiger partial charge on any atom is 0.296 e. The molecule has 1 unspecified atom stereocenters. The Kier molecular flexibility index (Phi) is 4.78. The van der Waals surface area contributed by atoms with Crippen molar-refractivity contribution >= 4 is 11.7 Å². The Labute approximate surface area is 211 Å². The molecule has 2 aromatic rings. The Morgan fingerprint density at radius 2 is 2.03 bits per heavy atom. The van der Waals surface area contributed by atoms with E-state index in [9.17, 15) is 9.59 Å². The van der Waals surface area contributed by atoms with Gasteiger partial charge in [-0.3, -0.25) is 14.5 Å². The molecule has 36 heavy (non-hydrogen) atoms. The van der Waals surface area contributed by atoms with Crippen molar-refractivity contribution in [2.24, 2.45) is 5.92 Å². The fraction of sp³-hybridized carbons (Fsp3) is 0.467. The van der Waals surface area contributed by atoms with Crippen molar-refractivity contribution < 1.29 is 19.1 Å². The van der Waals surface area contributed by atoms with Crippen LogP contribution in [-0.2, 0) is 21.4 Å². The lowest BCUT2D eigenvalue weighted by Crippen LogP contribution is -2.81. The number of hydrogen-bond acceptors (Lipinski definition) is 5. The summed E-state index contributed by atoms with van der Waals surface area (Å²) < 4.78 is 12.2. The lowest BCUT2D eigenvalue weighted by molar-refractivity contribution is -0.148. The summed E-state index contributed by atoms with van der Waals surface area (Å²) in [6.07, 6.45) is 4.52. The van der Waals surface area contributed by atoms with Gasteiger partial charge in [0.15, 0.2) is 23.4 Å². The van der Waals surface area contributed by atoms with Crippen LogP contribution >= 0.6 is 0 Å². The molecule has 5 aliphatic rings. The molecule has 3 fully saturated rings. The normalized spacial score (nSPS) is 31.5. The second-order valence-corrected chi connectivity index (χ2v) is 11.0. The highest BCUT2D eigenvalue weighted by molar-refractivity contribution is 5.96. The van der Waals surface area contributed by atoms with Crippen molar-refractivity contribution in [1.82, 2.24) is 10.2 Å². The van der Waals surface area contributed by atoms with Gasteiger partial charge < -0.3 is 14.8 Å². The zero-order chi connectivity index (χ0) is 24.5. The highest BCUT2D eigenvalue weighted by Crippen LogP contribution is 2.65. The van der Waals surface area contributed by atoms with Gasteiger partial charge in [-0.05, 0) is 68.3 Å². The van der Waals surface area contributed by atoms with E-state index in [2.05, 4.69) is 28.1 Å². The van der Waals surface area contributed by atoms with E-state index in [4.69, 9.17) is 9.47 Å². The molecule has 3 aliphatic carbocycles. The molecule has 2 saturated carbocycles. The van der Waals surface area contributed by atoms with Crippen LogP contribution in [0.1, 0.15) is 48.8 Å². The van der Waals surface area contributed by atoms with Crippen molar-refractivity contribution in [2.75, 3.05) is 20.2 Å². The van der Waals surface area contributed by atoms with Gasteiger partial charge in [0.1, 0.15) is 0 Å². The summed E-state index contributed by atoms with van der Waals surface area (Å²) in [4.78, 5) is 29.5. The average molecular weight is 483 g/mol. The van der Waals surface area contributed by atoms with Crippen LogP contribution in [0.2, 0.25) is 0 Å². The van der Waals surface area contributed by atoms with Crippen molar-refractivity contribution in [2.45, 2.75) is 61.6 Å². The highest BCUT2D eigenvalue weighted by atomic mass is 16.5. The quantitative estimate of drug-likeness (QED) is 0.679. The number of ketones is 1. The monoisotopic (exact) mass is 482 g/mol. The largest absolute Gasteiger partial charge is 0.493 e. The van der Waals surface area contributed by atoms with Crippen molar-refractivity contribution in [1.29, 1.82) is 0 Å². The zero-order valence-electron chi connectivity index (χ0n) is 20.5. The molecule has 1 amide bonds. The molecule has 1 spiro atoms. The number of methoxy groups -OCH3 is 1. The number of rotatable bonds is 4. The average Bonchev–Trinajstić information content (AvgIpc) is 3.64. The summed E-state index contributed by atoms with van der Waals surface area (Å²) in [6, 6.07) is 13.8. The number of nitrogens with one attached hydrogen (secondary N) is 1. The fourth-order valence-corrected chi connectivity index (χ4v) is 7.60. The molecule has 2 aromatic carbocycles. The number of hydrogen-bond donors (Lipinski definition) is 1. The van der Waals surface area contributed by atoms with Crippen LogP contribution in [0.4, 0.5) is 0 Å². The minimum atomic E-state index is -0.619. The smallest absolute Gasteiger partial charge is 0.296 e. The molecule has 2 bridgehead atoms.